The summed E-state index contributed by atoms with van der Waals surface area (Å²) < 4.78 is 48.6. The standard InChI is InChI=1S/C29H29F3N4O3/c1-13-7-23(39-2)20(31)10-17(13)22-11-24(35-26-15-5-3-14(4-6-15)25(26)29(37)38)36-28(34-22)19-12-33-27-18(19)8-16(30)9-21(27)32/h7-15,17,25-26,33H,3-6H2,1-2H3,(H,37,38)(H,34,35,36)/t13?,14?,15?,17?,25-,26?/m1/s1. The largest absolute Gasteiger partial charge is 0.494 e. The van der Waals surface area contributed by atoms with Crippen molar-refractivity contribution >= 4 is 22.7 Å². The van der Waals surface area contributed by atoms with Crippen LogP contribution in [0.3, 0.4) is 0 Å². The second-order valence-electron chi connectivity index (χ2n) is 10.9. The molecule has 1 aromatic carbocycles. The van der Waals surface area contributed by atoms with E-state index < -0.39 is 35.3 Å². The van der Waals surface area contributed by atoms with Gasteiger partial charge in [0.25, 0.3) is 0 Å². The number of methoxy groups -OCH3 is 1. The Kier molecular flexibility index (Phi) is 6.35. The molecule has 4 aliphatic carbocycles. The van der Waals surface area contributed by atoms with E-state index in [0.717, 1.165) is 31.7 Å². The number of carbonyl (C=O) groups is 1. The predicted octanol–water partition coefficient (Wildman–Crippen LogP) is 6.32. The Bertz CT molecular complexity index is 1510. The van der Waals surface area contributed by atoms with Crippen LogP contribution in [0.25, 0.3) is 22.3 Å². The van der Waals surface area contributed by atoms with Crippen LogP contribution in [0.2, 0.25) is 0 Å². The number of anilines is 1. The maximum absolute atomic E-state index is 14.8. The van der Waals surface area contributed by atoms with E-state index in [0.29, 0.717) is 17.1 Å². The van der Waals surface area contributed by atoms with E-state index in [-0.39, 0.29) is 46.3 Å². The van der Waals surface area contributed by atoms with Crippen molar-refractivity contribution in [3.05, 3.63) is 65.5 Å². The normalized spacial score (nSPS) is 28.2. The summed E-state index contributed by atoms with van der Waals surface area (Å²) in [4.78, 5) is 24.5. The second kappa shape index (κ2) is 9.73. The summed E-state index contributed by atoms with van der Waals surface area (Å²) in [7, 11) is 1.41. The van der Waals surface area contributed by atoms with Gasteiger partial charge in [-0.1, -0.05) is 6.92 Å². The molecule has 2 heterocycles. The number of aromatic nitrogens is 3. The third-order valence-corrected chi connectivity index (χ3v) is 8.62. The fourth-order valence-corrected chi connectivity index (χ4v) is 6.69. The van der Waals surface area contributed by atoms with Crippen LogP contribution < -0.4 is 5.32 Å². The SMILES string of the molecule is COC1=CC(C)C(c2cc(NC3C4CCC(CC4)[C@H]3C(=O)O)nc(-c3c[nH]c4c(F)cc(F)cc34)n2)C=C1F. The maximum Gasteiger partial charge on any atom is 0.308 e. The number of aliphatic carboxylic acids is 1. The van der Waals surface area contributed by atoms with Gasteiger partial charge in [-0.15, -0.1) is 0 Å². The molecule has 2 bridgehead atoms. The van der Waals surface area contributed by atoms with Crippen molar-refractivity contribution in [3.8, 4) is 11.4 Å². The number of nitrogens with one attached hydrogen (secondary N) is 2. The van der Waals surface area contributed by atoms with E-state index in [9.17, 15) is 23.1 Å². The zero-order valence-corrected chi connectivity index (χ0v) is 21.5. The Morgan fingerprint density at radius 3 is 2.54 bits per heavy atom. The van der Waals surface area contributed by atoms with E-state index in [2.05, 4.69) is 10.3 Å². The minimum Gasteiger partial charge on any atom is -0.494 e. The molecule has 0 aliphatic heterocycles. The van der Waals surface area contributed by atoms with Crippen LogP contribution in [0.4, 0.5) is 19.0 Å². The quantitative estimate of drug-likeness (QED) is 0.340. The fraction of sp³-hybridized carbons (Fsp3) is 0.414. The maximum atomic E-state index is 14.8. The molecular weight excluding hydrogens is 509 g/mol. The van der Waals surface area contributed by atoms with Gasteiger partial charge in [0, 0.05) is 41.2 Å². The van der Waals surface area contributed by atoms with Crippen LogP contribution in [0, 0.1) is 35.3 Å². The first-order chi connectivity index (χ1) is 18.7. The lowest BCUT2D eigenvalue weighted by Gasteiger charge is -2.47. The number of benzene rings is 1. The number of halogens is 3. The summed E-state index contributed by atoms with van der Waals surface area (Å²) >= 11 is 0. The first-order valence-electron chi connectivity index (χ1n) is 13.2. The summed E-state index contributed by atoms with van der Waals surface area (Å²) in [5.41, 5.74) is 1.000. The number of nitrogens with zero attached hydrogens (tertiary/aromatic N) is 2. The van der Waals surface area contributed by atoms with Crippen LogP contribution in [-0.4, -0.2) is 39.2 Å². The molecule has 0 saturated heterocycles. The highest BCUT2D eigenvalue weighted by Gasteiger charge is 2.47. The van der Waals surface area contributed by atoms with Gasteiger partial charge in [-0.3, -0.25) is 4.79 Å². The topological polar surface area (TPSA) is 100 Å². The van der Waals surface area contributed by atoms with E-state index in [1.54, 1.807) is 12.1 Å². The lowest BCUT2D eigenvalue weighted by atomic mass is 9.61. The Morgan fingerprint density at radius 1 is 1.08 bits per heavy atom. The molecule has 3 aromatic rings. The van der Waals surface area contributed by atoms with Crippen molar-refractivity contribution in [2.45, 2.75) is 44.6 Å². The lowest BCUT2D eigenvalue weighted by molar-refractivity contribution is -0.148. The van der Waals surface area contributed by atoms with E-state index in [1.165, 1.54) is 25.4 Å². The molecule has 3 saturated carbocycles. The van der Waals surface area contributed by atoms with Crippen LogP contribution in [0.15, 0.2) is 48.1 Å². The number of carboxylic acids is 1. The summed E-state index contributed by atoms with van der Waals surface area (Å²) in [6.45, 7) is 1.92. The van der Waals surface area contributed by atoms with E-state index >= 15 is 0 Å². The number of carboxylic acid groups (broad SMARTS) is 1. The van der Waals surface area contributed by atoms with Gasteiger partial charge in [0.15, 0.2) is 17.4 Å². The number of aromatic amines is 1. The van der Waals surface area contributed by atoms with E-state index in [4.69, 9.17) is 14.7 Å². The first-order valence-corrected chi connectivity index (χ1v) is 13.2. The van der Waals surface area contributed by atoms with Crippen molar-refractivity contribution < 1.29 is 27.8 Å². The summed E-state index contributed by atoms with van der Waals surface area (Å²) in [6, 6.07) is 3.41. The fourth-order valence-electron chi connectivity index (χ4n) is 6.69. The number of ether oxygens (including phenoxy) is 1. The van der Waals surface area contributed by atoms with Gasteiger partial charge >= 0.3 is 5.97 Å². The number of hydrogen-bond acceptors (Lipinski definition) is 5. The smallest absolute Gasteiger partial charge is 0.308 e. The van der Waals surface area contributed by atoms with Gasteiger partial charge in [0.1, 0.15) is 17.5 Å². The first kappa shape index (κ1) is 25.5. The molecule has 10 heteroatoms. The predicted molar refractivity (Wildman–Crippen MR) is 139 cm³/mol. The van der Waals surface area contributed by atoms with Gasteiger partial charge in [0.2, 0.25) is 0 Å². The highest BCUT2D eigenvalue weighted by Crippen LogP contribution is 2.46. The van der Waals surface area contributed by atoms with Crippen molar-refractivity contribution in [2.75, 3.05) is 12.4 Å². The van der Waals surface area contributed by atoms with Gasteiger partial charge < -0.3 is 20.1 Å². The van der Waals surface area contributed by atoms with Crippen LogP contribution in [0.1, 0.15) is 44.2 Å². The molecule has 0 radical (unpaired) electrons. The summed E-state index contributed by atoms with van der Waals surface area (Å²) in [6.07, 6.45) is 8.31. The Morgan fingerprint density at radius 2 is 1.82 bits per heavy atom. The van der Waals surface area contributed by atoms with Crippen molar-refractivity contribution in [2.24, 2.45) is 23.7 Å². The Hall–Kier alpha value is -3.82. The minimum atomic E-state index is -0.831. The molecule has 39 heavy (non-hydrogen) atoms. The third kappa shape index (κ3) is 4.45. The van der Waals surface area contributed by atoms with E-state index in [1.807, 2.05) is 6.92 Å². The van der Waals surface area contributed by atoms with Gasteiger partial charge in [-0.2, -0.15) is 0 Å². The van der Waals surface area contributed by atoms with Crippen molar-refractivity contribution in [1.29, 1.82) is 0 Å². The number of rotatable bonds is 6. The Labute approximate surface area is 223 Å². The zero-order valence-electron chi connectivity index (χ0n) is 21.5. The van der Waals surface area contributed by atoms with Crippen molar-refractivity contribution in [1.82, 2.24) is 15.0 Å². The zero-order chi connectivity index (χ0) is 27.4. The Balaban J connectivity index is 1.47. The van der Waals surface area contributed by atoms with Crippen LogP contribution in [0.5, 0.6) is 0 Å². The molecule has 0 amide bonds. The number of hydrogen-bond donors (Lipinski definition) is 3. The average molecular weight is 539 g/mol. The number of H-pyrrole nitrogens is 1. The van der Waals surface area contributed by atoms with Gasteiger partial charge in [0.05, 0.1) is 24.2 Å². The number of fused-ring (bicyclic) bond motifs is 4. The lowest BCUT2D eigenvalue weighted by Crippen LogP contribution is -2.51. The molecule has 3 N–H and O–H groups in total. The molecule has 7 nitrogen and oxygen atoms in total. The second-order valence-corrected chi connectivity index (χ2v) is 10.9. The molecule has 0 spiro atoms. The highest BCUT2D eigenvalue weighted by atomic mass is 19.1. The van der Waals surface area contributed by atoms with Crippen LogP contribution in [-0.2, 0) is 9.53 Å². The molecule has 3 fully saturated rings. The minimum absolute atomic E-state index is 0.0957. The molecule has 3 unspecified atom stereocenters. The number of allylic oxidation sites excluding steroid dienone is 3. The molecule has 7 rings (SSSR count). The molecule has 4 aliphatic rings. The highest BCUT2D eigenvalue weighted by molar-refractivity contribution is 5.94. The van der Waals surface area contributed by atoms with Gasteiger partial charge in [-0.25, -0.2) is 23.1 Å². The van der Waals surface area contributed by atoms with Crippen LogP contribution >= 0.6 is 0 Å². The molecular formula is C29H29F3N4O3. The third-order valence-electron chi connectivity index (χ3n) is 8.62. The summed E-state index contributed by atoms with van der Waals surface area (Å²) in [5.74, 6) is -2.99. The molecule has 4 atom stereocenters. The monoisotopic (exact) mass is 538 g/mol. The average Bonchev–Trinajstić information content (AvgIpc) is 3.34. The van der Waals surface area contributed by atoms with Gasteiger partial charge in [-0.05, 0) is 61.7 Å². The molecule has 204 valence electrons. The molecule has 2 aromatic heterocycles. The van der Waals surface area contributed by atoms with Crippen molar-refractivity contribution in [3.63, 3.8) is 0 Å². The summed E-state index contributed by atoms with van der Waals surface area (Å²) in [5, 5.41) is 13.7.